The lowest BCUT2D eigenvalue weighted by atomic mass is 10.1. The van der Waals surface area contributed by atoms with Gasteiger partial charge in [0.1, 0.15) is 0 Å². The van der Waals surface area contributed by atoms with Gasteiger partial charge in [-0.2, -0.15) is 0 Å². The van der Waals surface area contributed by atoms with Crippen molar-refractivity contribution in [1.29, 1.82) is 0 Å². The lowest BCUT2D eigenvalue weighted by Gasteiger charge is -1.97. The molecule has 0 aliphatic carbocycles. The molecular weight excluding hydrogens is 196 g/mol. The van der Waals surface area contributed by atoms with Crippen molar-refractivity contribution in [2.24, 2.45) is 7.05 Å². The third kappa shape index (κ3) is 2.64. The number of nitrogens with zero attached hydrogens (tertiary/aromatic N) is 1. The van der Waals surface area contributed by atoms with Crippen LogP contribution in [0, 0.1) is 0 Å². The van der Waals surface area contributed by atoms with Gasteiger partial charge in [-0.25, -0.2) is 0 Å². The van der Waals surface area contributed by atoms with Crippen LogP contribution in [-0.4, -0.2) is 18.2 Å². The molecule has 2 nitrogen and oxygen atoms in total. The highest BCUT2D eigenvalue weighted by Crippen LogP contribution is 2.20. The van der Waals surface area contributed by atoms with Gasteiger partial charge in [-0.05, 0) is 31.6 Å². The molecule has 0 atom stereocenters. The fourth-order valence-electron chi connectivity index (χ4n) is 1.88. The van der Waals surface area contributed by atoms with Gasteiger partial charge in [-0.1, -0.05) is 32.0 Å². The van der Waals surface area contributed by atoms with Crippen LogP contribution < -0.4 is 5.32 Å². The lowest BCUT2D eigenvalue weighted by molar-refractivity contribution is 0.791. The average Bonchev–Trinajstić information content (AvgIpc) is 2.67. The topological polar surface area (TPSA) is 17.0 Å². The van der Waals surface area contributed by atoms with Crippen LogP contribution in [0.25, 0.3) is 10.9 Å². The molecule has 0 unspecified atom stereocenters. The van der Waals surface area contributed by atoms with Crippen molar-refractivity contribution in [2.75, 3.05) is 13.6 Å². The van der Waals surface area contributed by atoms with E-state index in [-0.39, 0.29) is 0 Å². The maximum absolute atomic E-state index is 3.18. The summed E-state index contributed by atoms with van der Waals surface area (Å²) < 4.78 is 2.19. The summed E-state index contributed by atoms with van der Waals surface area (Å²) in [7, 11) is 4.09. The fourth-order valence-corrected chi connectivity index (χ4v) is 1.88. The molecule has 1 aromatic heterocycles. The van der Waals surface area contributed by atoms with Gasteiger partial charge in [-0.3, -0.25) is 0 Å². The Kier molecular flexibility index (Phi) is 5.06. The van der Waals surface area contributed by atoms with Gasteiger partial charge in [-0.15, -0.1) is 0 Å². The molecule has 88 valence electrons. The fraction of sp³-hybridized carbons (Fsp3) is 0.429. The Bertz CT molecular complexity index is 429. The van der Waals surface area contributed by atoms with Crippen LogP contribution in [0.2, 0.25) is 0 Å². The predicted molar refractivity (Wildman–Crippen MR) is 71.9 cm³/mol. The normalized spacial score (nSPS) is 10.0. The van der Waals surface area contributed by atoms with E-state index in [1.165, 1.54) is 16.5 Å². The third-order valence-electron chi connectivity index (χ3n) is 2.62. The van der Waals surface area contributed by atoms with Crippen LogP contribution in [0.15, 0.2) is 30.5 Å². The quantitative estimate of drug-likeness (QED) is 0.838. The molecule has 1 N–H and O–H groups in total. The van der Waals surface area contributed by atoms with Crippen molar-refractivity contribution >= 4 is 10.9 Å². The number of para-hydroxylation sites is 1. The summed E-state index contributed by atoms with van der Waals surface area (Å²) >= 11 is 0. The molecule has 0 spiro atoms. The molecule has 2 aromatic rings. The highest BCUT2D eigenvalue weighted by Gasteiger charge is 2.04. The Morgan fingerprint density at radius 2 is 1.88 bits per heavy atom. The number of fused-ring (bicyclic) bond motifs is 1. The minimum absolute atomic E-state index is 1.04. The molecule has 0 aliphatic rings. The Labute approximate surface area is 98.3 Å². The van der Waals surface area contributed by atoms with Crippen molar-refractivity contribution < 1.29 is 0 Å². The van der Waals surface area contributed by atoms with Gasteiger partial charge in [0.25, 0.3) is 0 Å². The van der Waals surface area contributed by atoms with Gasteiger partial charge in [0.05, 0.1) is 0 Å². The van der Waals surface area contributed by atoms with E-state index >= 15 is 0 Å². The van der Waals surface area contributed by atoms with E-state index in [0.717, 1.165) is 13.0 Å². The first-order valence-corrected chi connectivity index (χ1v) is 6.00. The van der Waals surface area contributed by atoms with E-state index in [0.29, 0.717) is 0 Å². The first kappa shape index (κ1) is 12.8. The van der Waals surface area contributed by atoms with E-state index in [1.54, 1.807) is 0 Å². The second-order valence-electron chi connectivity index (χ2n) is 3.64. The van der Waals surface area contributed by atoms with Crippen LogP contribution in [0.1, 0.15) is 19.4 Å². The van der Waals surface area contributed by atoms with E-state index in [9.17, 15) is 0 Å². The summed E-state index contributed by atoms with van der Waals surface area (Å²) in [4.78, 5) is 0. The van der Waals surface area contributed by atoms with Crippen molar-refractivity contribution in [1.82, 2.24) is 9.88 Å². The Morgan fingerprint density at radius 1 is 1.19 bits per heavy atom. The molecule has 2 heteroatoms. The van der Waals surface area contributed by atoms with E-state index in [4.69, 9.17) is 0 Å². The zero-order valence-electron chi connectivity index (χ0n) is 10.7. The minimum Gasteiger partial charge on any atom is -0.350 e. The molecule has 1 aromatic carbocycles. The van der Waals surface area contributed by atoms with Crippen molar-refractivity contribution in [3.05, 3.63) is 36.0 Å². The number of rotatable bonds is 3. The highest BCUT2D eigenvalue weighted by atomic mass is 14.9. The summed E-state index contributed by atoms with van der Waals surface area (Å²) in [6.07, 6.45) is 3.32. The zero-order valence-corrected chi connectivity index (χ0v) is 10.7. The second-order valence-corrected chi connectivity index (χ2v) is 3.64. The number of aromatic nitrogens is 1. The second kappa shape index (κ2) is 6.33. The average molecular weight is 218 g/mol. The molecule has 0 aliphatic heterocycles. The molecule has 0 saturated heterocycles. The molecule has 1 heterocycles. The predicted octanol–water partition coefficient (Wildman–Crippen LogP) is 2.97. The van der Waals surface area contributed by atoms with Gasteiger partial charge < -0.3 is 9.88 Å². The number of nitrogens with one attached hydrogen (secondary N) is 1. The summed E-state index contributed by atoms with van der Waals surface area (Å²) in [5.41, 5.74) is 2.75. The standard InChI is InChI=1S/C12H16N2.C2H6/c1-13-8-7-10-9-14(2)12-6-4-3-5-11(10)12;1-2/h3-6,9,13H,7-8H2,1-2H3;1-2H3. The van der Waals surface area contributed by atoms with E-state index < -0.39 is 0 Å². The molecule has 0 radical (unpaired) electrons. The van der Waals surface area contributed by atoms with Crippen LogP contribution in [0.4, 0.5) is 0 Å². The van der Waals surface area contributed by atoms with Gasteiger partial charge in [0, 0.05) is 24.1 Å². The van der Waals surface area contributed by atoms with Crippen molar-refractivity contribution in [2.45, 2.75) is 20.3 Å². The summed E-state index contributed by atoms with van der Waals surface area (Å²) in [5, 5.41) is 4.56. The SMILES string of the molecule is CC.CNCCc1cn(C)c2ccccc12. The molecule has 0 amide bonds. The summed E-state index contributed by atoms with van der Waals surface area (Å²) in [5.74, 6) is 0. The summed E-state index contributed by atoms with van der Waals surface area (Å²) in [6, 6.07) is 8.55. The maximum atomic E-state index is 3.18. The number of benzene rings is 1. The molecule has 2 rings (SSSR count). The largest absolute Gasteiger partial charge is 0.350 e. The Hall–Kier alpha value is -1.28. The van der Waals surface area contributed by atoms with Crippen LogP contribution >= 0.6 is 0 Å². The minimum atomic E-state index is 1.04. The van der Waals surface area contributed by atoms with Crippen LogP contribution in [0.3, 0.4) is 0 Å². The van der Waals surface area contributed by atoms with Crippen molar-refractivity contribution in [3.8, 4) is 0 Å². The Morgan fingerprint density at radius 3 is 2.56 bits per heavy atom. The Balaban J connectivity index is 0.000000606. The highest BCUT2D eigenvalue weighted by molar-refractivity contribution is 5.83. The zero-order chi connectivity index (χ0) is 12.0. The first-order chi connectivity index (χ1) is 7.83. The molecule has 0 fully saturated rings. The third-order valence-corrected chi connectivity index (χ3v) is 2.62. The van der Waals surface area contributed by atoms with Gasteiger partial charge >= 0.3 is 0 Å². The molecular formula is C14H22N2. The molecule has 16 heavy (non-hydrogen) atoms. The number of likely N-dealkylation sites (N-methyl/N-ethyl adjacent to an activating group) is 1. The van der Waals surface area contributed by atoms with Gasteiger partial charge in [0.15, 0.2) is 0 Å². The monoisotopic (exact) mass is 218 g/mol. The molecule has 0 bridgehead atoms. The lowest BCUT2D eigenvalue weighted by Crippen LogP contribution is -2.09. The number of hydrogen-bond acceptors (Lipinski definition) is 1. The maximum Gasteiger partial charge on any atom is 0.0480 e. The summed E-state index contributed by atoms with van der Waals surface area (Å²) in [6.45, 7) is 5.04. The number of aryl methyl sites for hydroxylation is 1. The smallest absolute Gasteiger partial charge is 0.0480 e. The van der Waals surface area contributed by atoms with E-state index in [2.05, 4.69) is 47.4 Å². The van der Waals surface area contributed by atoms with Crippen molar-refractivity contribution in [3.63, 3.8) is 0 Å². The number of hydrogen-bond donors (Lipinski definition) is 1. The van der Waals surface area contributed by atoms with E-state index in [1.807, 2.05) is 20.9 Å². The molecule has 0 saturated carbocycles. The van der Waals surface area contributed by atoms with Crippen LogP contribution in [-0.2, 0) is 13.5 Å². The van der Waals surface area contributed by atoms with Crippen LogP contribution in [0.5, 0.6) is 0 Å². The first-order valence-electron chi connectivity index (χ1n) is 6.00. The van der Waals surface area contributed by atoms with Gasteiger partial charge in [0.2, 0.25) is 0 Å².